The normalized spacial score (nSPS) is 11.9. The zero-order valence-electron chi connectivity index (χ0n) is 17.1. The molecule has 0 atom stereocenters. The first-order chi connectivity index (χ1) is 15.8. The molecule has 10 heteroatoms. The van der Waals surface area contributed by atoms with Gasteiger partial charge in [-0.2, -0.15) is 18.2 Å². The molecule has 0 fully saturated rings. The number of halogens is 3. The first kappa shape index (κ1) is 21.1. The molecular formula is C23H15F3N4O2S. The zero-order chi connectivity index (χ0) is 23.2. The SMILES string of the molecule is Cc1c(-c2ccccc2)sc2ncn(Cc3nc(-c4ccc(C(F)(F)F)cc4)no3)c(=O)c12. The Labute approximate surface area is 189 Å². The van der Waals surface area contributed by atoms with Gasteiger partial charge in [0.05, 0.1) is 17.3 Å². The van der Waals surface area contributed by atoms with E-state index in [1.807, 2.05) is 37.3 Å². The molecule has 0 N–H and O–H groups in total. The summed E-state index contributed by atoms with van der Waals surface area (Å²) in [5.74, 6) is 0.281. The molecule has 3 aromatic heterocycles. The smallest absolute Gasteiger partial charge is 0.337 e. The monoisotopic (exact) mass is 468 g/mol. The maximum Gasteiger partial charge on any atom is 0.416 e. The predicted octanol–water partition coefficient (Wildman–Crippen LogP) is 5.55. The summed E-state index contributed by atoms with van der Waals surface area (Å²) in [5, 5.41) is 4.36. The molecule has 0 bridgehead atoms. The number of hydrogen-bond acceptors (Lipinski definition) is 6. The van der Waals surface area contributed by atoms with Gasteiger partial charge >= 0.3 is 6.18 Å². The van der Waals surface area contributed by atoms with Crippen molar-refractivity contribution in [3.05, 3.63) is 88.3 Å². The van der Waals surface area contributed by atoms with Crippen molar-refractivity contribution < 1.29 is 17.7 Å². The van der Waals surface area contributed by atoms with Crippen LogP contribution in [0.1, 0.15) is 17.0 Å². The molecule has 0 unspecified atom stereocenters. The van der Waals surface area contributed by atoms with Gasteiger partial charge in [-0.3, -0.25) is 9.36 Å². The lowest BCUT2D eigenvalue weighted by Gasteiger charge is -2.05. The number of rotatable bonds is 4. The number of nitrogens with zero attached hydrogens (tertiary/aromatic N) is 4. The summed E-state index contributed by atoms with van der Waals surface area (Å²) < 4.78 is 44.9. The van der Waals surface area contributed by atoms with Crippen LogP contribution >= 0.6 is 11.3 Å². The average molecular weight is 468 g/mol. The molecule has 33 heavy (non-hydrogen) atoms. The molecule has 6 nitrogen and oxygen atoms in total. The largest absolute Gasteiger partial charge is 0.416 e. The van der Waals surface area contributed by atoms with Crippen LogP contribution in [0.5, 0.6) is 0 Å². The molecule has 0 aliphatic heterocycles. The highest BCUT2D eigenvalue weighted by atomic mass is 32.1. The number of aromatic nitrogens is 4. The van der Waals surface area contributed by atoms with Crippen molar-refractivity contribution in [1.29, 1.82) is 0 Å². The molecule has 2 aromatic carbocycles. The number of aryl methyl sites for hydroxylation is 1. The van der Waals surface area contributed by atoms with Gasteiger partial charge in [0.15, 0.2) is 0 Å². The van der Waals surface area contributed by atoms with Crippen LogP contribution in [0.4, 0.5) is 13.2 Å². The Hall–Kier alpha value is -3.79. The van der Waals surface area contributed by atoms with E-state index in [0.717, 1.165) is 28.1 Å². The van der Waals surface area contributed by atoms with Crippen LogP contribution in [0, 0.1) is 6.92 Å². The lowest BCUT2D eigenvalue weighted by Crippen LogP contribution is -2.21. The molecule has 166 valence electrons. The second-order valence-corrected chi connectivity index (χ2v) is 8.37. The predicted molar refractivity (Wildman–Crippen MR) is 118 cm³/mol. The van der Waals surface area contributed by atoms with Gasteiger partial charge in [-0.25, -0.2) is 4.98 Å². The van der Waals surface area contributed by atoms with Gasteiger partial charge in [0.25, 0.3) is 5.56 Å². The maximum atomic E-state index is 13.1. The molecule has 0 aliphatic rings. The molecule has 0 radical (unpaired) electrons. The van der Waals surface area contributed by atoms with Crippen molar-refractivity contribution in [2.45, 2.75) is 19.6 Å². The number of benzene rings is 2. The van der Waals surface area contributed by atoms with Crippen molar-refractivity contribution in [1.82, 2.24) is 19.7 Å². The van der Waals surface area contributed by atoms with Gasteiger partial charge in [-0.15, -0.1) is 11.3 Å². The third-order valence-electron chi connectivity index (χ3n) is 5.20. The highest BCUT2D eigenvalue weighted by Gasteiger charge is 2.30. The standard InChI is InChI=1S/C23H15F3N4O2S/c1-13-18-21(33-19(13)14-5-3-2-4-6-14)27-12-30(22(18)31)11-17-28-20(29-32-17)15-7-9-16(10-8-15)23(24,25)26/h2-10,12H,11H2,1H3. The molecule has 5 aromatic rings. The van der Waals surface area contributed by atoms with Crippen LogP contribution in [-0.4, -0.2) is 19.7 Å². The molecule has 0 aliphatic carbocycles. The van der Waals surface area contributed by atoms with E-state index in [1.54, 1.807) is 0 Å². The molecule has 3 heterocycles. The van der Waals surface area contributed by atoms with E-state index in [-0.39, 0.29) is 23.8 Å². The van der Waals surface area contributed by atoms with E-state index in [9.17, 15) is 18.0 Å². The van der Waals surface area contributed by atoms with Crippen molar-refractivity contribution in [3.63, 3.8) is 0 Å². The van der Waals surface area contributed by atoms with Crippen LogP contribution in [0.25, 0.3) is 32.0 Å². The fourth-order valence-corrected chi connectivity index (χ4v) is 4.67. The quantitative estimate of drug-likeness (QED) is 0.346. The summed E-state index contributed by atoms with van der Waals surface area (Å²) in [4.78, 5) is 23.4. The Bertz CT molecular complexity index is 1500. The highest BCUT2D eigenvalue weighted by molar-refractivity contribution is 7.22. The van der Waals surface area contributed by atoms with Crippen molar-refractivity contribution >= 4 is 21.6 Å². The average Bonchev–Trinajstić information content (AvgIpc) is 3.41. The maximum absolute atomic E-state index is 13.1. The van der Waals surface area contributed by atoms with Crippen LogP contribution in [0.15, 0.2) is 70.2 Å². The van der Waals surface area contributed by atoms with E-state index >= 15 is 0 Å². The first-order valence-electron chi connectivity index (χ1n) is 9.85. The number of fused-ring (bicyclic) bond motifs is 1. The zero-order valence-corrected chi connectivity index (χ0v) is 17.9. The van der Waals surface area contributed by atoms with Gasteiger partial charge in [0.2, 0.25) is 11.7 Å². The van der Waals surface area contributed by atoms with Gasteiger partial charge in [-0.1, -0.05) is 47.6 Å². The minimum atomic E-state index is -4.42. The first-order valence-corrected chi connectivity index (χ1v) is 10.7. The molecular weight excluding hydrogens is 453 g/mol. The Morgan fingerprint density at radius 2 is 1.76 bits per heavy atom. The highest BCUT2D eigenvalue weighted by Crippen LogP contribution is 2.35. The van der Waals surface area contributed by atoms with Crippen LogP contribution < -0.4 is 5.56 Å². The van der Waals surface area contributed by atoms with E-state index < -0.39 is 11.7 Å². The van der Waals surface area contributed by atoms with Crippen LogP contribution in [0.3, 0.4) is 0 Å². The van der Waals surface area contributed by atoms with Gasteiger partial charge in [0.1, 0.15) is 11.4 Å². The molecule has 0 saturated heterocycles. The fraction of sp³-hybridized carbons (Fsp3) is 0.130. The minimum Gasteiger partial charge on any atom is -0.337 e. The lowest BCUT2D eigenvalue weighted by atomic mass is 10.1. The second kappa shape index (κ2) is 7.96. The van der Waals surface area contributed by atoms with E-state index in [0.29, 0.717) is 15.8 Å². The summed E-state index contributed by atoms with van der Waals surface area (Å²) in [6.45, 7) is 1.88. The Balaban J connectivity index is 1.44. The Morgan fingerprint density at radius 1 is 1.03 bits per heavy atom. The Kier molecular flexibility index (Phi) is 5.09. The van der Waals surface area contributed by atoms with E-state index in [4.69, 9.17) is 4.52 Å². The van der Waals surface area contributed by atoms with E-state index in [1.165, 1.54) is 34.4 Å². The summed E-state index contributed by atoms with van der Waals surface area (Å²) in [6.07, 6.45) is -2.99. The molecule has 0 saturated carbocycles. The second-order valence-electron chi connectivity index (χ2n) is 7.37. The summed E-state index contributed by atoms with van der Waals surface area (Å²) in [6, 6.07) is 14.2. The molecule has 0 spiro atoms. The van der Waals surface area contributed by atoms with Crippen LogP contribution in [0.2, 0.25) is 0 Å². The third-order valence-corrected chi connectivity index (χ3v) is 6.45. The van der Waals surface area contributed by atoms with Crippen molar-refractivity contribution in [2.24, 2.45) is 0 Å². The number of hydrogen-bond donors (Lipinski definition) is 0. The third kappa shape index (κ3) is 3.93. The fourth-order valence-electron chi connectivity index (χ4n) is 3.53. The summed E-state index contributed by atoms with van der Waals surface area (Å²) >= 11 is 1.45. The summed E-state index contributed by atoms with van der Waals surface area (Å²) in [5.41, 5.74) is 1.25. The minimum absolute atomic E-state index is 0.00857. The van der Waals surface area contributed by atoms with Gasteiger partial charge < -0.3 is 4.52 Å². The van der Waals surface area contributed by atoms with Gasteiger partial charge in [-0.05, 0) is 30.2 Å². The van der Waals surface area contributed by atoms with Crippen LogP contribution in [-0.2, 0) is 12.7 Å². The lowest BCUT2D eigenvalue weighted by molar-refractivity contribution is -0.137. The Morgan fingerprint density at radius 3 is 2.45 bits per heavy atom. The molecule has 5 rings (SSSR count). The number of alkyl halides is 3. The van der Waals surface area contributed by atoms with Crippen molar-refractivity contribution in [2.75, 3.05) is 0 Å². The molecule has 0 amide bonds. The topological polar surface area (TPSA) is 73.8 Å². The van der Waals surface area contributed by atoms with Gasteiger partial charge in [0, 0.05) is 10.4 Å². The van der Waals surface area contributed by atoms with E-state index in [2.05, 4.69) is 15.1 Å². The number of thiophene rings is 1. The summed E-state index contributed by atoms with van der Waals surface area (Å²) in [7, 11) is 0. The van der Waals surface area contributed by atoms with Crippen molar-refractivity contribution in [3.8, 4) is 21.8 Å².